The SMILES string of the molecule is CCCCCCCC(=O)Nc1ccc(N(C)C)c(C(=O)N(CC)CC)c1. The fourth-order valence-electron chi connectivity index (χ4n) is 2.97. The first-order valence-corrected chi connectivity index (χ1v) is 9.85. The van der Waals surface area contributed by atoms with E-state index in [4.69, 9.17) is 0 Å². The van der Waals surface area contributed by atoms with Crippen molar-refractivity contribution in [1.29, 1.82) is 0 Å². The highest BCUT2D eigenvalue weighted by Crippen LogP contribution is 2.24. The first-order valence-electron chi connectivity index (χ1n) is 9.85. The van der Waals surface area contributed by atoms with Crippen molar-refractivity contribution >= 4 is 23.2 Å². The smallest absolute Gasteiger partial charge is 0.256 e. The number of amides is 2. The second-order valence-corrected chi connectivity index (χ2v) is 6.82. The summed E-state index contributed by atoms with van der Waals surface area (Å²) >= 11 is 0. The quantitative estimate of drug-likeness (QED) is 0.589. The van der Waals surface area contributed by atoms with Crippen LogP contribution in [-0.2, 0) is 4.79 Å². The minimum atomic E-state index is -0.00522. The topological polar surface area (TPSA) is 52.7 Å². The van der Waals surface area contributed by atoms with Crippen LogP contribution in [0, 0.1) is 0 Å². The number of hydrogen-bond acceptors (Lipinski definition) is 3. The molecule has 1 rings (SSSR count). The molecule has 0 bridgehead atoms. The second-order valence-electron chi connectivity index (χ2n) is 6.82. The molecule has 1 N–H and O–H groups in total. The number of unbranched alkanes of at least 4 members (excludes halogenated alkanes) is 4. The average Bonchev–Trinajstić information content (AvgIpc) is 2.62. The number of nitrogens with one attached hydrogen (secondary N) is 1. The highest BCUT2D eigenvalue weighted by atomic mass is 16.2. The van der Waals surface area contributed by atoms with Crippen LogP contribution >= 0.6 is 0 Å². The molecule has 0 fully saturated rings. The molecule has 0 unspecified atom stereocenters. The van der Waals surface area contributed by atoms with Gasteiger partial charge in [0.2, 0.25) is 5.91 Å². The Bertz CT molecular complexity index is 581. The summed E-state index contributed by atoms with van der Waals surface area (Å²) in [7, 11) is 3.84. The van der Waals surface area contributed by atoms with Gasteiger partial charge in [-0.2, -0.15) is 0 Å². The Labute approximate surface area is 158 Å². The lowest BCUT2D eigenvalue weighted by Gasteiger charge is -2.23. The van der Waals surface area contributed by atoms with E-state index in [9.17, 15) is 9.59 Å². The maximum Gasteiger partial charge on any atom is 0.256 e. The number of nitrogens with zero attached hydrogens (tertiary/aromatic N) is 2. The van der Waals surface area contributed by atoms with E-state index >= 15 is 0 Å². The van der Waals surface area contributed by atoms with Gasteiger partial charge in [0.25, 0.3) is 5.91 Å². The van der Waals surface area contributed by atoms with Crippen molar-refractivity contribution in [2.24, 2.45) is 0 Å². The normalized spacial score (nSPS) is 10.5. The van der Waals surface area contributed by atoms with Gasteiger partial charge in [-0.15, -0.1) is 0 Å². The summed E-state index contributed by atoms with van der Waals surface area (Å²) in [5.74, 6) is 0.00899. The predicted molar refractivity (Wildman–Crippen MR) is 110 cm³/mol. The summed E-state index contributed by atoms with van der Waals surface area (Å²) in [5.41, 5.74) is 2.17. The molecule has 0 spiro atoms. The second kappa shape index (κ2) is 11.6. The van der Waals surface area contributed by atoms with Gasteiger partial charge in [0, 0.05) is 45.0 Å². The third-order valence-electron chi connectivity index (χ3n) is 4.55. The zero-order valence-electron chi connectivity index (χ0n) is 17.1. The van der Waals surface area contributed by atoms with Crippen LogP contribution in [0.25, 0.3) is 0 Å². The zero-order chi connectivity index (χ0) is 19.5. The Hall–Kier alpha value is -2.04. The van der Waals surface area contributed by atoms with Crippen molar-refractivity contribution in [2.45, 2.75) is 59.3 Å². The number of carbonyl (C=O) groups excluding carboxylic acids is 2. The monoisotopic (exact) mass is 361 g/mol. The first-order chi connectivity index (χ1) is 12.4. The van der Waals surface area contributed by atoms with Crippen LogP contribution in [0.4, 0.5) is 11.4 Å². The van der Waals surface area contributed by atoms with Gasteiger partial charge < -0.3 is 15.1 Å². The molecule has 0 aliphatic carbocycles. The van der Waals surface area contributed by atoms with E-state index in [1.54, 1.807) is 11.0 Å². The van der Waals surface area contributed by atoms with Crippen molar-refractivity contribution in [2.75, 3.05) is 37.4 Å². The highest BCUT2D eigenvalue weighted by molar-refractivity contribution is 6.02. The summed E-state index contributed by atoms with van der Waals surface area (Å²) in [6.07, 6.45) is 6.14. The molecule has 5 nitrogen and oxygen atoms in total. The molecule has 5 heteroatoms. The van der Waals surface area contributed by atoms with Gasteiger partial charge in [0.1, 0.15) is 0 Å². The Morgan fingerprint density at radius 3 is 2.19 bits per heavy atom. The molecule has 1 aromatic rings. The Balaban J connectivity index is 2.83. The van der Waals surface area contributed by atoms with Gasteiger partial charge in [0.15, 0.2) is 0 Å². The third-order valence-corrected chi connectivity index (χ3v) is 4.55. The molecule has 0 radical (unpaired) electrons. The summed E-state index contributed by atoms with van der Waals surface area (Å²) in [6.45, 7) is 7.45. The van der Waals surface area contributed by atoms with Gasteiger partial charge in [-0.3, -0.25) is 9.59 Å². The fourth-order valence-corrected chi connectivity index (χ4v) is 2.97. The Morgan fingerprint density at radius 1 is 0.962 bits per heavy atom. The molecular weight excluding hydrogens is 326 g/mol. The Morgan fingerprint density at radius 2 is 1.62 bits per heavy atom. The van der Waals surface area contributed by atoms with Gasteiger partial charge in [-0.1, -0.05) is 32.6 Å². The van der Waals surface area contributed by atoms with E-state index in [-0.39, 0.29) is 11.8 Å². The number of hydrogen-bond donors (Lipinski definition) is 1. The van der Waals surface area contributed by atoms with Gasteiger partial charge in [-0.25, -0.2) is 0 Å². The number of anilines is 2. The van der Waals surface area contributed by atoms with Crippen molar-refractivity contribution in [3.8, 4) is 0 Å². The predicted octanol–water partition coefficient (Wildman–Crippen LogP) is 4.53. The Kier molecular flexibility index (Phi) is 9.78. The lowest BCUT2D eigenvalue weighted by molar-refractivity contribution is -0.116. The van der Waals surface area contributed by atoms with Crippen molar-refractivity contribution in [1.82, 2.24) is 4.90 Å². The highest BCUT2D eigenvalue weighted by Gasteiger charge is 2.18. The number of carbonyl (C=O) groups is 2. The van der Waals surface area contributed by atoms with Crippen LogP contribution in [0.5, 0.6) is 0 Å². The molecule has 0 atom stereocenters. The molecule has 0 heterocycles. The van der Waals surface area contributed by atoms with E-state index < -0.39 is 0 Å². The van der Waals surface area contributed by atoms with E-state index in [2.05, 4.69) is 12.2 Å². The van der Waals surface area contributed by atoms with Crippen LogP contribution in [0.1, 0.15) is 69.7 Å². The van der Waals surface area contributed by atoms with E-state index in [1.807, 2.05) is 45.0 Å². The third kappa shape index (κ3) is 6.70. The maximum absolute atomic E-state index is 12.8. The number of rotatable bonds is 11. The average molecular weight is 362 g/mol. The summed E-state index contributed by atoms with van der Waals surface area (Å²) in [4.78, 5) is 28.7. The zero-order valence-corrected chi connectivity index (χ0v) is 17.1. The number of benzene rings is 1. The summed E-state index contributed by atoms with van der Waals surface area (Å²) in [6, 6.07) is 5.56. The molecule has 0 aliphatic heterocycles. The lowest BCUT2D eigenvalue weighted by Crippen LogP contribution is -2.31. The van der Waals surface area contributed by atoms with Crippen molar-refractivity contribution in [3.05, 3.63) is 23.8 Å². The lowest BCUT2D eigenvalue weighted by atomic mass is 10.1. The van der Waals surface area contributed by atoms with Crippen molar-refractivity contribution in [3.63, 3.8) is 0 Å². The molecule has 146 valence electrons. The molecule has 0 aliphatic rings. The molecule has 0 saturated carbocycles. The summed E-state index contributed by atoms with van der Waals surface area (Å²) in [5, 5.41) is 2.94. The molecule has 0 aromatic heterocycles. The van der Waals surface area contributed by atoms with Crippen LogP contribution in [0.2, 0.25) is 0 Å². The van der Waals surface area contributed by atoms with Crippen molar-refractivity contribution < 1.29 is 9.59 Å². The van der Waals surface area contributed by atoms with Crippen LogP contribution in [0.3, 0.4) is 0 Å². The molecule has 26 heavy (non-hydrogen) atoms. The van der Waals surface area contributed by atoms with E-state index in [1.165, 1.54) is 19.3 Å². The van der Waals surface area contributed by atoms with Crippen LogP contribution < -0.4 is 10.2 Å². The van der Waals surface area contributed by atoms with E-state index in [0.717, 1.165) is 18.5 Å². The molecular formula is C21H35N3O2. The molecule has 0 saturated heterocycles. The van der Waals surface area contributed by atoms with Gasteiger partial charge >= 0.3 is 0 Å². The van der Waals surface area contributed by atoms with Crippen LogP contribution in [-0.4, -0.2) is 43.9 Å². The van der Waals surface area contributed by atoms with Gasteiger partial charge in [-0.05, 0) is 38.5 Å². The largest absolute Gasteiger partial charge is 0.377 e. The summed E-state index contributed by atoms with van der Waals surface area (Å²) < 4.78 is 0. The fraction of sp³-hybridized carbons (Fsp3) is 0.619. The minimum Gasteiger partial charge on any atom is -0.377 e. The first kappa shape index (κ1) is 22.0. The van der Waals surface area contributed by atoms with Crippen LogP contribution in [0.15, 0.2) is 18.2 Å². The van der Waals surface area contributed by atoms with Gasteiger partial charge in [0.05, 0.1) is 5.56 Å². The van der Waals surface area contributed by atoms with E-state index in [0.29, 0.717) is 30.8 Å². The molecule has 2 amide bonds. The minimum absolute atomic E-state index is 0.00522. The standard InChI is InChI=1S/C21H35N3O2/c1-6-9-10-11-12-13-20(25)22-17-14-15-19(23(4)5)18(16-17)21(26)24(7-2)8-3/h14-16H,6-13H2,1-5H3,(H,22,25). The maximum atomic E-state index is 12.8. The molecule has 1 aromatic carbocycles.